The number of hydrogen-bond acceptors (Lipinski definition) is 4. The third-order valence-electron chi connectivity index (χ3n) is 1.47. The zero-order valence-corrected chi connectivity index (χ0v) is 7.28. The van der Waals surface area contributed by atoms with Crippen molar-refractivity contribution >= 4 is 12.0 Å². The quantitative estimate of drug-likeness (QED) is 0.543. The highest BCUT2D eigenvalue weighted by atomic mass is 15.3. The van der Waals surface area contributed by atoms with Gasteiger partial charge in [-0.3, -0.25) is 5.43 Å². The molecule has 0 atom stereocenters. The lowest BCUT2D eigenvalue weighted by Crippen LogP contribution is -1.97. The Labute approximate surface area is 71.7 Å². The third-order valence-corrected chi connectivity index (χ3v) is 1.47. The summed E-state index contributed by atoms with van der Waals surface area (Å²) >= 11 is 0. The van der Waals surface area contributed by atoms with Gasteiger partial charge in [0.15, 0.2) is 5.82 Å². The van der Waals surface area contributed by atoms with Crippen LogP contribution in [0.2, 0.25) is 0 Å². The van der Waals surface area contributed by atoms with Gasteiger partial charge in [-0.05, 0) is 13.3 Å². The highest BCUT2D eigenvalue weighted by Gasteiger charge is 1.98. The van der Waals surface area contributed by atoms with E-state index in [2.05, 4.69) is 27.4 Å². The summed E-state index contributed by atoms with van der Waals surface area (Å²) in [7, 11) is 0. The maximum absolute atomic E-state index is 4.05. The van der Waals surface area contributed by atoms with Crippen LogP contribution in [-0.4, -0.2) is 16.2 Å². The second-order valence-corrected chi connectivity index (χ2v) is 2.25. The Kier molecular flexibility index (Phi) is 3.19. The smallest absolute Gasteiger partial charge is 0.152 e. The van der Waals surface area contributed by atoms with Crippen molar-refractivity contribution in [3.05, 3.63) is 18.1 Å². The van der Waals surface area contributed by atoms with Gasteiger partial charge >= 0.3 is 0 Å². The van der Waals surface area contributed by atoms with Crippen LogP contribution in [0, 0.1) is 0 Å². The molecule has 64 valence electrons. The summed E-state index contributed by atoms with van der Waals surface area (Å²) in [6.07, 6.45) is 5.89. The van der Waals surface area contributed by atoms with Crippen molar-refractivity contribution in [1.29, 1.82) is 0 Å². The fourth-order valence-corrected chi connectivity index (χ4v) is 0.844. The van der Waals surface area contributed by atoms with Gasteiger partial charge in [-0.1, -0.05) is 6.92 Å². The molecule has 0 aliphatic rings. The Morgan fingerprint density at radius 3 is 3.17 bits per heavy atom. The highest BCUT2D eigenvalue weighted by Crippen LogP contribution is 2.09. The van der Waals surface area contributed by atoms with E-state index < -0.39 is 0 Å². The first-order chi connectivity index (χ1) is 5.88. The predicted octanol–water partition coefficient (Wildman–Crippen LogP) is 1.46. The Bertz CT molecular complexity index is 270. The molecule has 1 N–H and O–H groups in total. The molecule has 1 heterocycles. The number of nitrogens with zero attached hydrogens (tertiary/aromatic N) is 3. The monoisotopic (exact) mass is 164 g/mol. The van der Waals surface area contributed by atoms with E-state index in [1.165, 1.54) is 6.33 Å². The van der Waals surface area contributed by atoms with Crippen LogP contribution in [0.5, 0.6) is 0 Å². The molecular weight excluding hydrogens is 152 g/mol. The molecule has 4 heteroatoms. The molecule has 0 unspecified atom stereocenters. The Hall–Kier alpha value is -1.45. The SMILES string of the molecule is C/C=N/Nc1ncncc1CC. The van der Waals surface area contributed by atoms with Crippen LogP contribution in [0.3, 0.4) is 0 Å². The van der Waals surface area contributed by atoms with Crippen LogP contribution in [0.4, 0.5) is 5.82 Å². The van der Waals surface area contributed by atoms with E-state index in [1.807, 2.05) is 6.92 Å². The lowest BCUT2D eigenvalue weighted by molar-refractivity contribution is 1.03. The maximum atomic E-state index is 4.05. The molecule has 0 aliphatic heterocycles. The Morgan fingerprint density at radius 1 is 1.67 bits per heavy atom. The van der Waals surface area contributed by atoms with E-state index >= 15 is 0 Å². The molecule has 0 spiro atoms. The first-order valence-corrected chi connectivity index (χ1v) is 3.91. The number of hydrogen-bond donors (Lipinski definition) is 1. The van der Waals surface area contributed by atoms with Crippen LogP contribution in [0.25, 0.3) is 0 Å². The van der Waals surface area contributed by atoms with Gasteiger partial charge in [-0.25, -0.2) is 9.97 Å². The Morgan fingerprint density at radius 2 is 2.50 bits per heavy atom. The van der Waals surface area contributed by atoms with Crippen molar-refractivity contribution in [2.24, 2.45) is 5.10 Å². The summed E-state index contributed by atoms with van der Waals surface area (Å²) in [6.45, 7) is 3.90. The van der Waals surface area contributed by atoms with E-state index in [0.717, 1.165) is 17.8 Å². The molecule has 0 amide bonds. The minimum atomic E-state index is 0.783. The first kappa shape index (κ1) is 8.64. The van der Waals surface area contributed by atoms with Crippen LogP contribution in [-0.2, 0) is 6.42 Å². The average molecular weight is 164 g/mol. The molecule has 12 heavy (non-hydrogen) atoms. The standard InChI is InChI=1S/C8H12N4/c1-3-7-5-9-6-10-8(7)12-11-4-2/h4-6H,3H2,1-2H3,(H,9,10,12)/b11-4+. The number of anilines is 1. The fraction of sp³-hybridized carbons (Fsp3) is 0.375. The lowest BCUT2D eigenvalue weighted by Gasteiger charge is -2.02. The summed E-state index contributed by atoms with van der Waals surface area (Å²) in [5.74, 6) is 0.783. The van der Waals surface area contributed by atoms with Gasteiger partial charge < -0.3 is 0 Å². The first-order valence-electron chi connectivity index (χ1n) is 3.91. The van der Waals surface area contributed by atoms with E-state index in [0.29, 0.717) is 0 Å². The van der Waals surface area contributed by atoms with Gasteiger partial charge in [-0.15, -0.1) is 0 Å². The summed E-state index contributed by atoms with van der Waals surface area (Å²) < 4.78 is 0. The van der Waals surface area contributed by atoms with E-state index in [4.69, 9.17) is 0 Å². The van der Waals surface area contributed by atoms with Gasteiger partial charge in [0.1, 0.15) is 6.33 Å². The molecule has 4 nitrogen and oxygen atoms in total. The van der Waals surface area contributed by atoms with Gasteiger partial charge in [0, 0.05) is 18.0 Å². The predicted molar refractivity (Wildman–Crippen MR) is 49.2 cm³/mol. The molecular formula is C8H12N4. The number of aryl methyl sites for hydroxylation is 1. The van der Waals surface area contributed by atoms with Gasteiger partial charge in [0.05, 0.1) is 0 Å². The minimum absolute atomic E-state index is 0.783. The van der Waals surface area contributed by atoms with Crippen molar-refractivity contribution in [2.75, 3.05) is 5.43 Å². The molecule has 0 bridgehead atoms. The van der Waals surface area contributed by atoms with Crippen molar-refractivity contribution in [1.82, 2.24) is 9.97 Å². The van der Waals surface area contributed by atoms with E-state index in [-0.39, 0.29) is 0 Å². The summed E-state index contributed by atoms with van der Waals surface area (Å²) in [5, 5.41) is 3.89. The largest absolute Gasteiger partial charge is 0.261 e. The fourth-order valence-electron chi connectivity index (χ4n) is 0.844. The number of rotatable bonds is 3. The molecule has 0 aromatic carbocycles. The van der Waals surface area contributed by atoms with E-state index in [1.54, 1.807) is 12.4 Å². The maximum Gasteiger partial charge on any atom is 0.152 e. The molecule has 1 aromatic heterocycles. The molecule has 1 rings (SSSR count). The van der Waals surface area contributed by atoms with Crippen molar-refractivity contribution in [3.63, 3.8) is 0 Å². The molecule has 0 saturated carbocycles. The normalized spacial score (nSPS) is 10.5. The lowest BCUT2D eigenvalue weighted by atomic mass is 10.2. The number of nitrogens with one attached hydrogen (secondary N) is 1. The highest BCUT2D eigenvalue weighted by molar-refractivity contribution is 5.55. The topological polar surface area (TPSA) is 50.2 Å². The zero-order chi connectivity index (χ0) is 8.81. The third kappa shape index (κ3) is 2.02. The van der Waals surface area contributed by atoms with Crippen molar-refractivity contribution < 1.29 is 0 Å². The van der Waals surface area contributed by atoms with E-state index in [9.17, 15) is 0 Å². The molecule has 0 fully saturated rings. The summed E-state index contributed by atoms with van der Waals surface area (Å²) in [4.78, 5) is 7.97. The van der Waals surface area contributed by atoms with Gasteiger partial charge in [-0.2, -0.15) is 5.10 Å². The van der Waals surface area contributed by atoms with Crippen LogP contribution >= 0.6 is 0 Å². The van der Waals surface area contributed by atoms with Crippen LogP contribution in [0.15, 0.2) is 17.6 Å². The molecule has 0 saturated heterocycles. The minimum Gasteiger partial charge on any atom is -0.261 e. The van der Waals surface area contributed by atoms with Crippen LogP contribution < -0.4 is 5.43 Å². The molecule has 0 aliphatic carbocycles. The molecule has 1 aromatic rings. The number of aromatic nitrogens is 2. The van der Waals surface area contributed by atoms with Gasteiger partial charge in [0.2, 0.25) is 0 Å². The molecule has 0 radical (unpaired) electrons. The average Bonchev–Trinajstić information content (AvgIpc) is 2.15. The van der Waals surface area contributed by atoms with Crippen molar-refractivity contribution in [3.8, 4) is 0 Å². The summed E-state index contributed by atoms with van der Waals surface area (Å²) in [5.41, 5.74) is 3.90. The second kappa shape index (κ2) is 4.43. The zero-order valence-electron chi connectivity index (χ0n) is 7.28. The van der Waals surface area contributed by atoms with Crippen LogP contribution in [0.1, 0.15) is 19.4 Å². The summed E-state index contributed by atoms with van der Waals surface area (Å²) in [6, 6.07) is 0. The second-order valence-electron chi connectivity index (χ2n) is 2.25. The van der Waals surface area contributed by atoms with Gasteiger partial charge in [0.25, 0.3) is 0 Å². The Balaban J connectivity index is 2.81. The van der Waals surface area contributed by atoms with Crippen molar-refractivity contribution in [2.45, 2.75) is 20.3 Å². The number of hydrazone groups is 1.